The molecule has 0 aromatic heterocycles. The van der Waals surface area contributed by atoms with Gasteiger partial charge in [-0.15, -0.1) is 0 Å². The zero-order valence-corrected chi connectivity index (χ0v) is 13.5. The molecule has 0 fully saturated rings. The fourth-order valence-corrected chi connectivity index (χ4v) is 2.15. The van der Waals surface area contributed by atoms with Crippen LogP contribution in [0.1, 0.15) is 77.6 Å². The standard InChI is InChI=1S/C18H32O3/c1-2-3-4-5-6-7-8-9-10-11-12-13-14-15-17(19)16-18(20)21/h5-8,17,19H,2-4,9-16H2,1H3,(H,20,21). The molecule has 0 saturated carbocycles. The molecule has 0 aromatic rings. The highest BCUT2D eigenvalue weighted by atomic mass is 16.4. The van der Waals surface area contributed by atoms with Crippen LogP contribution in [-0.2, 0) is 4.79 Å². The summed E-state index contributed by atoms with van der Waals surface area (Å²) in [7, 11) is 0. The maximum Gasteiger partial charge on any atom is 0.305 e. The third-order valence-electron chi connectivity index (χ3n) is 3.43. The van der Waals surface area contributed by atoms with Gasteiger partial charge in [-0.05, 0) is 25.7 Å². The van der Waals surface area contributed by atoms with Gasteiger partial charge < -0.3 is 10.2 Å². The van der Waals surface area contributed by atoms with Gasteiger partial charge in [-0.1, -0.05) is 69.8 Å². The Labute approximate surface area is 129 Å². The Balaban J connectivity index is 3.27. The zero-order chi connectivity index (χ0) is 15.8. The van der Waals surface area contributed by atoms with E-state index in [2.05, 4.69) is 31.2 Å². The number of aliphatic hydroxyl groups is 1. The summed E-state index contributed by atoms with van der Waals surface area (Å²) < 4.78 is 0. The first-order valence-corrected chi connectivity index (χ1v) is 8.38. The molecule has 0 heterocycles. The van der Waals surface area contributed by atoms with Crippen molar-refractivity contribution in [2.75, 3.05) is 0 Å². The van der Waals surface area contributed by atoms with Gasteiger partial charge in [0.1, 0.15) is 0 Å². The summed E-state index contributed by atoms with van der Waals surface area (Å²) >= 11 is 0. The van der Waals surface area contributed by atoms with Crippen molar-refractivity contribution in [3.05, 3.63) is 24.3 Å². The van der Waals surface area contributed by atoms with Gasteiger partial charge in [-0.25, -0.2) is 0 Å². The molecule has 0 amide bonds. The van der Waals surface area contributed by atoms with E-state index in [0.29, 0.717) is 6.42 Å². The third kappa shape index (κ3) is 16.9. The lowest BCUT2D eigenvalue weighted by atomic mass is 10.1. The van der Waals surface area contributed by atoms with Crippen LogP contribution in [0.3, 0.4) is 0 Å². The molecule has 0 aliphatic carbocycles. The molecule has 3 nitrogen and oxygen atoms in total. The molecule has 0 aromatic carbocycles. The van der Waals surface area contributed by atoms with Gasteiger partial charge in [0.2, 0.25) is 0 Å². The van der Waals surface area contributed by atoms with E-state index in [1.54, 1.807) is 0 Å². The molecule has 2 N–H and O–H groups in total. The Bertz CT molecular complexity index is 295. The fourth-order valence-electron chi connectivity index (χ4n) is 2.15. The van der Waals surface area contributed by atoms with Crippen molar-refractivity contribution in [3.63, 3.8) is 0 Å². The predicted octanol–water partition coefficient (Wildman–Crippen LogP) is 4.86. The highest BCUT2D eigenvalue weighted by molar-refractivity contribution is 5.67. The van der Waals surface area contributed by atoms with Gasteiger partial charge in [-0.2, -0.15) is 0 Å². The third-order valence-corrected chi connectivity index (χ3v) is 3.43. The van der Waals surface area contributed by atoms with Gasteiger partial charge in [-0.3, -0.25) is 4.79 Å². The molecule has 1 unspecified atom stereocenters. The van der Waals surface area contributed by atoms with Crippen LogP contribution < -0.4 is 0 Å². The van der Waals surface area contributed by atoms with E-state index in [1.807, 2.05) is 0 Å². The van der Waals surface area contributed by atoms with Crippen LogP contribution in [0.2, 0.25) is 0 Å². The van der Waals surface area contributed by atoms with E-state index in [9.17, 15) is 9.90 Å². The van der Waals surface area contributed by atoms with Crippen molar-refractivity contribution in [2.45, 2.75) is 83.7 Å². The SMILES string of the molecule is CCCCC=CC=CCCCCCCCC(O)CC(=O)O. The second kappa shape index (κ2) is 15.3. The Morgan fingerprint density at radius 1 is 0.952 bits per heavy atom. The molecule has 0 aliphatic rings. The summed E-state index contributed by atoms with van der Waals surface area (Å²) in [6.45, 7) is 2.20. The molecule has 0 spiro atoms. The Morgan fingerprint density at radius 2 is 1.52 bits per heavy atom. The number of aliphatic hydroxyl groups excluding tert-OH is 1. The predicted molar refractivity (Wildman–Crippen MR) is 88.4 cm³/mol. The maximum absolute atomic E-state index is 10.4. The average Bonchev–Trinajstić information content (AvgIpc) is 2.43. The monoisotopic (exact) mass is 296 g/mol. The molecular weight excluding hydrogens is 264 g/mol. The summed E-state index contributed by atoms with van der Waals surface area (Å²) in [5, 5.41) is 17.9. The first-order chi connectivity index (χ1) is 10.2. The number of rotatable bonds is 14. The van der Waals surface area contributed by atoms with Gasteiger partial charge in [0.05, 0.1) is 12.5 Å². The van der Waals surface area contributed by atoms with E-state index < -0.39 is 12.1 Å². The van der Waals surface area contributed by atoms with Crippen LogP contribution in [0, 0.1) is 0 Å². The van der Waals surface area contributed by atoms with Crippen molar-refractivity contribution < 1.29 is 15.0 Å². The number of carboxylic acids is 1. The highest BCUT2D eigenvalue weighted by Crippen LogP contribution is 2.10. The molecule has 21 heavy (non-hydrogen) atoms. The van der Waals surface area contributed by atoms with Gasteiger partial charge in [0.25, 0.3) is 0 Å². The minimum atomic E-state index is -0.918. The van der Waals surface area contributed by atoms with Crippen LogP contribution in [0.5, 0.6) is 0 Å². The number of hydrogen-bond donors (Lipinski definition) is 2. The minimum Gasteiger partial charge on any atom is -0.481 e. The van der Waals surface area contributed by atoms with Gasteiger partial charge >= 0.3 is 5.97 Å². The molecule has 0 radical (unpaired) electrons. The summed E-state index contributed by atoms with van der Waals surface area (Å²) in [5.74, 6) is -0.918. The van der Waals surface area contributed by atoms with E-state index >= 15 is 0 Å². The molecule has 3 heteroatoms. The van der Waals surface area contributed by atoms with Crippen LogP contribution in [0.25, 0.3) is 0 Å². The highest BCUT2D eigenvalue weighted by Gasteiger charge is 2.08. The second-order valence-electron chi connectivity index (χ2n) is 5.60. The van der Waals surface area contributed by atoms with Crippen LogP contribution in [0.4, 0.5) is 0 Å². The Hall–Kier alpha value is -1.09. The topological polar surface area (TPSA) is 57.5 Å². The van der Waals surface area contributed by atoms with E-state index in [-0.39, 0.29) is 6.42 Å². The molecular formula is C18H32O3. The van der Waals surface area contributed by atoms with Crippen molar-refractivity contribution in [2.24, 2.45) is 0 Å². The summed E-state index contributed by atoms with van der Waals surface area (Å²) in [6, 6.07) is 0. The summed E-state index contributed by atoms with van der Waals surface area (Å²) in [4.78, 5) is 10.4. The Kier molecular flexibility index (Phi) is 14.5. The molecule has 0 rings (SSSR count). The zero-order valence-electron chi connectivity index (χ0n) is 13.5. The van der Waals surface area contributed by atoms with E-state index in [0.717, 1.165) is 19.3 Å². The van der Waals surface area contributed by atoms with Crippen LogP contribution in [-0.4, -0.2) is 22.3 Å². The largest absolute Gasteiger partial charge is 0.481 e. The van der Waals surface area contributed by atoms with E-state index in [4.69, 9.17) is 5.11 Å². The quantitative estimate of drug-likeness (QED) is 0.355. The lowest BCUT2D eigenvalue weighted by molar-refractivity contribution is -0.139. The lowest BCUT2D eigenvalue weighted by Gasteiger charge is -2.06. The Morgan fingerprint density at radius 3 is 2.14 bits per heavy atom. The number of allylic oxidation sites excluding steroid dienone is 4. The molecule has 1 atom stereocenters. The summed E-state index contributed by atoms with van der Waals surface area (Å²) in [5.41, 5.74) is 0. The van der Waals surface area contributed by atoms with Crippen molar-refractivity contribution in [3.8, 4) is 0 Å². The summed E-state index contributed by atoms with van der Waals surface area (Å²) in [6.07, 6.45) is 18.9. The molecule has 122 valence electrons. The van der Waals surface area contributed by atoms with Crippen molar-refractivity contribution in [1.29, 1.82) is 0 Å². The smallest absolute Gasteiger partial charge is 0.305 e. The van der Waals surface area contributed by atoms with Gasteiger partial charge in [0.15, 0.2) is 0 Å². The van der Waals surface area contributed by atoms with E-state index in [1.165, 1.54) is 38.5 Å². The van der Waals surface area contributed by atoms with Gasteiger partial charge in [0, 0.05) is 0 Å². The molecule has 0 saturated heterocycles. The number of carbonyl (C=O) groups is 1. The number of aliphatic carboxylic acids is 1. The van der Waals surface area contributed by atoms with Crippen LogP contribution >= 0.6 is 0 Å². The fraction of sp³-hybridized carbons (Fsp3) is 0.722. The average molecular weight is 296 g/mol. The van der Waals surface area contributed by atoms with Crippen LogP contribution in [0.15, 0.2) is 24.3 Å². The molecule has 0 bridgehead atoms. The number of unbranched alkanes of at least 4 members (excludes halogenated alkanes) is 7. The first-order valence-electron chi connectivity index (χ1n) is 8.38. The second-order valence-corrected chi connectivity index (χ2v) is 5.60. The minimum absolute atomic E-state index is 0.128. The van der Waals surface area contributed by atoms with Crippen molar-refractivity contribution >= 4 is 5.97 Å². The van der Waals surface area contributed by atoms with Crippen molar-refractivity contribution in [1.82, 2.24) is 0 Å². The lowest BCUT2D eigenvalue weighted by Crippen LogP contribution is -2.12. The molecule has 0 aliphatic heterocycles. The first kappa shape index (κ1) is 19.9. The maximum atomic E-state index is 10.4. The normalized spacial score (nSPS) is 13.2. The number of carboxylic acid groups (broad SMARTS) is 1. The number of hydrogen-bond acceptors (Lipinski definition) is 2.